The third kappa shape index (κ3) is 2.41. The molecule has 1 aliphatic heterocycles. The molecule has 1 N–H and O–H groups in total. The summed E-state index contributed by atoms with van der Waals surface area (Å²) in [4.78, 5) is 14.0. The molecule has 0 aromatic carbocycles. The molecule has 2 heterocycles. The van der Waals surface area contributed by atoms with Crippen molar-refractivity contribution in [1.29, 1.82) is 0 Å². The zero-order chi connectivity index (χ0) is 11.5. The Labute approximate surface area is 95.4 Å². The molecule has 0 spiro atoms. The fourth-order valence-corrected chi connectivity index (χ4v) is 2.05. The van der Waals surface area contributed by atoms with E-state index in [1.54, 1.807) is 10.9 Å². The van der Waals surface area contributed by atoms with Crippen LogP contribution in [0.4, 0.5) is 0 Å². The number of piperazine rings is 1. The predicted molar refractivity (Wildman–Crippen MR) is 61.0 cm³/mol. The molecule has 0 unspecified atom stereocenters. The molecule has 16 heavy (non-hydrogen) atoms. The van der Waals surface area contributed by atoms with E-state index in [1.807, 2.05) is 18.1 Å². The Morgan fingerprint density at radius 2 is 2.50 bits per heavy atom. The summed E-state index contributed by atoms with van der Waals surface area (Å²) < 4.78 is 1.73. The van der Waals surface area contributed by atoms with Crippen LogP contribution >= 0.6 is 0 Å². The van der Waals surface area contributed by atoms with E-state index in [-0.39, 0.29) is 11.9 Å². The van der Waals surface area contributed by atoms with E-state index < -0.39 is 0 Å². The number of carbonyl (C=O) groups is 1. The lowest BCUT2D eigenvalue weighted by Gasteiger charge is -2.34. The van der Waals surface area contributed by atoms with Crippen LogP contribution in [0, 0.1) is 0 Å². The van der Waals surface area contributed by atoms with Gasteiger partial charge in [-0.3, -0.25) is 9.48 Å². The number of nitrogens with zero attached hydrogens (tertiary/aromatic N) is 3. The number of rotatable bonds is 2. The molecule has 1 atom stereocenters. The van der Waals surface area contributed by atoms with Gasteiger partial charge in [-0.05, 0) is 12.5 Å². The highest BCUT2D eigenvalue weighted by Crippen LogP contribution is 2.07. The van der Waals surface area contributed by atoms with Gasteiger partial charge in [0, 0.05) is 38.9 Å². The van der Waals surface area contributed by atoms with Gasteiger partial charge in [0.1, 0.15) is 0 Å². The molecule has 0 radical (unpaired) electrons. The first-order chi connectivity index (χ1) is 7.66. The predicted octanol–water partition coefficient (Wildman–Crippen LogP) is -0.217. The average molecular weight is 222 g/mol. The van der Waals surface area contributed by atoms with Crippen molar-refractivity contribution in [2.24, 2.45) is 7.05 Å². The summed E-state index contributed by atoms with van der Waals surface area (Å²) >= 11 is 0. The maximum absolute atomic E-state index is 12.0. The van der Waals surface area contributed by atoms with E-state index in [4.69, 9.17) is 0 Å². The van der Waals surface area contributed by atoms with Gasteiger partial charge in [-0.2, -0.15) is 5.10 Å². The quantitative estimate of drug-likeness (QED) is 0.753. The van der Waals surface area contributed by atoms with Crippen LogP contribution < -0.4 is 5.32 Å². The van der Waals surface area contributed by atoms with Crippen LogP contribution in [0.5, 0.6) is 0 Å². The van der Waals surface area contributed by atoms with Crippen molar-refractivity contribution in [1.82, 2.24) is 20.0 Å². The zero-order valence-corrected chi connectivity index (χ0v) is 9.81. The molecule has 5 nitrogen and oxygen atoms in total. The van der Waals surface area contributed by atoms with E-state index in [9.17, 15) is 4.79 Å². The van der Waals surface area contributed by atoms with Gasteiger partial charge in [-0.25, -0.2) is 0 Å². The largest absolute Gasteiger partial charge is 0.337 e. The third-order valence-corrected chi connectivity index (χ3v) is 2.94. The summed E-state index contributed by atoms with van der Waals surface area (Å²) in [6, 6.07) is 0.290. The second kappa shape index (κ2) is 4.65. The van der Waals surface area contributed by atoms with E-state index in [2.05, 4.69) is 17.3 Å². The van der Waals surface area contributed by atoms with Crippen LogP contribution in [0.1, 0.15) is 12.5 Å². The fourth-order valence-electron chi connectivity index (χ4n) is 2.05. The molecule has 1 fully saturated rings. The maximum Gasteiger partial charge on any atom is 0.227 e. The Morgan fingerprint density at radius 1 is 1.69 bits per heavy atom. The van der Waals surface area contributed by atoms with Crippen molar-refractivity contribution in [3.63, 3.8) is 0 Å². The Balaban J connectivity index is 1.96. The highest BCUT2D eigenvalue weighted by molar-refractivity contribution is 5.79. The molecular weight excluding hydrogens is 204 g/mol. The van der Waals surface area contributed by atoms with Crippen LogP contribution in [0.25, 0.3) is 0 Å². The summed E-state index contributed by atoms with van der Waals surface area (Å²) in [6.45, 7) is 4.66. The minimum atomic E-state index is 0.196. The Morgan fingerprint density at radius 3 is 3.12 bits per heavy atom. The van der Waals surface area contributed by atoms with E-state index in [1.165, 1.54) is 0 Å². The third-order valence-electron chi connectivity index (χ3n) is 2.94. The summed E-state index contributed by atoms with van der Waals surface area (Å²) in [5.41, 5.74) is 0.984. The molecule has 1 saturated heterocycles. The number of nitrogens with one attached hydrogen (secondary N) is 1. The summed E-state index contributed by atoms with van der Waals surface area (Å²) in [5, 5.41) is 7.34. The first-order valence-electron chi connectivity index (χ1n) is 5.64. The van der Waals surface area contributed by atoms with Crippen LogP contribution in [0.3, 0.4) is 0 Å². The second-order valence-corrected chi connectivity index (χ2v) is 4.34. The molecule has 1 aromatic heterocycles. The smallest absolute Gasteiger partial charge is 0.227 e. The van der Waals surface area contributed by atoms with Gasteiger partial charge < -0.3 is 10.2 Å². The lowest BCUT2D eigenvalue weighted by molar-refractivity contribution is -0.133. The van der Waals surface area contributed by atoms with Crippen LogP contribution in [0.15, 0.2) is 12.4 Å². The SMILES string of the molecule is C[C@H]1CNCCN1C(=O)Cc1cnn(C)c1. The van der Waals surface area contributed by atoms with Gasteiger partial charge in [0.2, 0.25) is 5.91 Å². The van der Waals surface area contributed by atoms with E-state index in [0.717, 1.165) is 25.2 Å². The van der Waals surface area contributed by atoms with Gasteiger partial charge in [-0.1, -0.05) is 0 Å². The average Bonchev–Trinajstić information content (AvgIpc) is 2.64. The molecule has 2 rings (SSSR count). The van der Waals surface area contributed by atoms with E-state index >= 15 is 0 Å². The molecule has 1 aromatic rings. The molecule has 0 bridgehead atoms. The van der Waals surface area contributed by atoms with Gasteiger partial charge in [0.25, 0.3) is 0 Å². The van der Waals surface area contributed by atoms with Crippen molar-refractivity contribution in [2.75, 3.05) is 19.6 Å². The Hall–Kier alpha value is -1.36. The second-order valence-electron chi connectivity index (χ2n) is 4.34. The number of carbonyl (C=O) groups excluding carboxylic acids is 1. The fraction of sp³-hybridized carbons (Fsp3) is 0.636. The number of hydrogen-bond acceptors (Lipinski definition) is 3. The molecule has 0 aliphatic carbocycles. The molecule has 1 aliphatic rings. The first-order valence-corrected chi connectivity index (χ1v) is 5.64. The Kier molecular flexibility index (Phi) is 3.24. The number of hydrogen-bond donors (Lipinski definition) is 1. The van der Waals surface area contributed by atoms with Crippen molar-refractivity contribution in [2.45, 2.75) is 19.4 Å². The molecule has 1 amide bonds. The van der Waals surface area contributed by atoms with Crippen LogP contribution in [0.2, 0.25) is 0 Å². The number of aryl methyl sites for hydroxylation is 1. The van der Waals surface area contributed by atoms with Gasteiger partial charge >= 0.3 is 0 Å². The standard InChI is InChI=1S/C11H18N4O/c1-9-6-12-3-4-15(9)11(16)5-10-7-13-14(2)8-10/h7-9,12H,3-6H2,1-2H3/t9-/m0/s1. The van der Waals surface area contributed by atoms with Gasteiger partial charge in [0.05, 0.1) is 12.6 Å². The van der Waals surface area contributed by atoms with Gasteiger partial charge in [0.15, 0.2) is 0 Å². The molecule has 0 saturated carbocycles. The minimum Gasteiger partial charge on any atom is -0.337 e. The van der Waals surface area contributed by atoms with Crippen molar-refractivity contribution < 1.29 is 4.79 Å². The molecule has 5 heteroatoms. The Bertz CT molecular complexity index is 374. The van der Waals surface area contributed by atoms with Crippen molar-refractivity contribution in [3.8, 4) is 0 Å². The maximum atomic E-state index is 12.0. The lowest BCUT2D eigenvalue weighted by atomic mass is 10.1. The number of aromatic nitrogens is 2. The van der Waals surface area contributed by atoms with Crippen molar-refractivity contribution in [3.05, 3.63) is 18.0 Å². The van der Waals surface area contributed by atoms with Crippen LogP contribution in [-0.4, -0.2) is 46.3 Å². The molecular formula is C11H18N4O. The van der Waals surface area contributed by atoms with Gasteiger partial charge in [-0.15, -0.1) is 0 Å². The first kappa shape index (κ1) is 11.1. The summed E-state index contributed by atoms with van der Waals surface area (Å²) in [6.07, 6.45) is 4.10. The zero-order valence-electron chi connectivity index (χ0n) is 9.81. The highest BCUT2D eigenvalue weighted by Gasteiger charge is 2.22. The van der Waals surface area contributed by atoms with Crippen molar-refractivity contribution >= 4 is 5.91 Å². The monoisotopic (exact) mass is 222 g/mol. The normalized spacial score (nSPS) is 21.1. The lowest BCUT2D eigenvalue weighted by Crippen LogP contribution is -2.52. The van der Waals surface area contributed by atoms with E-state index in [0.29, 0.717) is 6.42 Å². The summed E-state index contributed by atoms with van der Waals surface area (Å²) in [5.74, 6) is 0.196. The topological polar surface area (TPSA) is 50.2 Å². The minimum absolute atomic E-state index is 0.196. The summed E-state index contributed by atoms with van der Waals surface area (Å²) in [7, 11) is 1.86. The van der Waals surface area contributed by atoms with Crippen LogP contribution in [-0.2, 0) is 18.3 Å². The number of amides is 1. The molecule has 88 valence electrons. The highest BCUT2D eigenvalue weighted by atomic mass is 16.2.